The van der Waals surface area contributed by atoms with Crippen LogP contribution in [-0.2, 0) is 11.3 Å². The number of methoxy groups -OCH3 is 1. The number of rotatable bonds is 5. The first kappa shape index (κ1) is 15.4. The predicted molar refractivity (Wildman–Crippen MR) is 91.1 cm³/mol. The van der Waals surface area contributed by atoms with Crippen molar-refractivity contribution in [1.29, 1.82) is 0 Å². The fourth-order valence-corrected chi connectivity index (χ4v) is 2.66. The molecule has 2 heterocycles. The van der Waals surface area contributed by atoms with Gasteiger partial charge in [0.05, 0.1) is 35.7 Å². The summed E-state index contributed by atoms with van der Waals surface area (Å²) in [6.07, 6.45) is 1.58. The highest BCUT2D eigenvalue weighted by atomic mass is 16.5. The monoisotopic (exact) mass is 311 g/mol. The van der Waals surface area contributed by atoms with E-state index in [4.69, 9.17) is 4.74 Å². The van der Waals surface area contributed by atoms with E-state index in [2.05, 4.69) is 39.4 Å². The molecule has 0 atom stereocenters. The molecule has 0 bridgehead atoms. The molecule has 0 amide bonds. The van der Waals surface area contributed by atoms with E-state index in [1.54, 1.807) is 13.4 Å². The van der Waals surface area contributed by atoms with Gasteiger partial charge in [0.1, 0.15) is 12.1 Å². The highest BCUT2D eigenvalue weighted by molar-refractivity contribution is 5.91. The van der Waals surface area contributed by atoms with Crippen LogP contribution in [0.1, 0.15) is 17.0 Å². The number of ether oxygens (including phenoxy) is 1. The summed E-state index contributed by atoms with van der Waals surface area (Å²) in [6.45, 7) is 7.47. The molecule has 0 fully saturated rings. The Kier molecular flexibility index (Phi) is 4.25. The second-order valence-corrected chi connectivity index (χ2v) is 5.63. The van der Waals surface area contributed by atoms with Crippen LogP contribution >= 0.6 is 0 Å². The molecule has 3 rings (SSSR count). The van der Waals surface area contributed by atoms with E-state index in [0.29, 0.717) is 6.61 Å². The fraction of sp³-hybridized carbons (Fsp3) is 0.353. The number of fused-ring (bicyclic) bond motifs is 1. The fourth-order valence-electron chi connectivity index (χ4n) is 2.66. The number of hydrogen-bond acceptors (Lipinski definition) is 5. The average molecular weight is 311 g/mol. The zero-order valence-corrected chi connectivity index (χ0v) is 13.9. The lowest BCUT2D eigenvalue weighted by Gasteiger charge is -2.10. The van der Waals surface area contributed by atoms with Crippen molar-refractivity contribution < 1.29 is 4.74 Å². The molecule has 0 saturated carbocycles. The molecule has 2 aromatic heterocycles. The van der Waals surface area contributed by atoms with Gasteiger partial charge in [-0.05, 0) is 32.9 Å². The minimum Gasteiger partial charge on any atom is -0.383 e. The van der Waals surface area contributed by atoms with E-state index in [9.17, 15) is 0 Å². The normalized spacial score (nSPS) is 11.1. The van der Waals surface area contributed by atoms with Crippen molar-refractivity contribution in [2.24, 2.45) is 0 Å². The lowest BCUT2D eigenvalue weighted by Crippen LogP contribution is -2.07. The largest absolute Gasteiger partial charge is 0.383 e. The quantitative estimate of drug-likeness (QED) is 0.784. The summed E-state index contributed by atoms with van der Waals surface area (Å²) in [4.78, 5) is 8.74. The third-order valence-electron chi connectivity index (χ3n) is 3.92. The minimum atomic E-state index is 0.636. The lowest BCUT2D eigenvalue weighted by molar-refractivity contribution is 0.182. The molecule has 3 aromatic rings. The van der Waals surface area contributed by atoms with Crippen LogP contribution in [0.3, 0.4) is 0 Å². The van der Waals surface area contributed by atoms with Crippen molar-refractivity contribution in [3.05, 3.63) is 41.5 Å². The number of nitrogens with zero attached hydrogens (tertiary/aromatic N) is 4. The van der Waals surface area contributed by atoms with Gasteiger partial charge in [-0.1, -0.05) is 11.6 Å². The van der Waals surface area contributed by atoms with Gasteiger partial charge in [-0.3, -0.25) is 4.68 Å². The molecule has 23 heavy (non-hydrogen) atoms. The van der Waals surface area contributed by atoms with Crippen molar-refractivity contribution in [1.82, 2.24) is 19.7 Å². The number of anilines is 2. The SMILES string of the molecule is COCCn1nc(C)c(Nc2ncnc3ccc(C)cc23)c1C. The Balaban J connectivity index is 1.99. The molecule has 0 saturated heterocycles. The van der Waals surface area contributed by atoms with Crippen LogP contribution in [-0.4, -0.2) is 33.5 Å². The summed E-state index contributed by atoms with van der Waals surface area (Å²) in [5.74, 6) is 0.802. The van der Waals surface area contributed by atoms with Crippen LogP contribution in [0.25, 0.3) is 10.9 Å². The standard InChI is InChI=1S/C17H21N5O/c1-11-5-6-15-14(9-11)17(19-10-18-15)20-16-12(2)21-22(13(16)3)7-8-23-4/h5-6,9-10H,7-8H2,1-4H3,(H,18,19,20). The van der Waals surface area contributed by atoms with Crippen molar-refractivity contribution in [2.75, 3.05) is 19.0 Å². The molecule has 0 aliphatic rings. The third kappa shape index (κ3) is 3.03. The number of hydrogen-bond donors (Lipinski definition) is 1. The van der Waals surface area contributed by atoms with E-state index in [-0.39, 0.29) is 0 Å². The number of aromatic nitrogens is 4. The van der Waals surface area contributed by atoms with Crippen molar-refractivity contribution >= 4 is 22.4 Å². The maximum absolute atomic E-state index is 5.14. The molecular weight excluding hydrogens is 290 g/mol. The van der Waals surface area contributed by atoms with Crippen molar-refractivity contribution in [2.45, 2.75) is 27.3 Å². The number of benzene rings is 1. The number of aryl methyl sites for hydroxylation is 2. The maximum atomic E-state index is 5.14. The topological polar surface area (TPSA) is 64.9 Å². The van der Waals surface area contributed by atoms with Crippen LogP contribution < -0.4 is 5.32 Å². The first-order chi connectivity index (χ1) is 11.1. The summed E-state index contributed by atoms with van der Waals surface area (Å²) in [7, 11) is 1.69. The highest BCUT2D eigenvalue weighted by Gasteiger charge is 2.13. The second kappa shape index (κ2) is 6.34. The van der Waals surface area contributed by atoms with Gasteiger partial charge < -0.3 is 10.1 Å². The maximum Gasteiger partial charge on any atom is 0.141 e. The van der Waals surface area contributed by atoms with Gasteiger partial charge in [0, 0.05) is 12.5 Å². The molecule has 6 nitrogen and oxygen atoms in total. The zero-order valence-electron chi connectivity index (χ0n) is 13.9. The predicted octanol–water partition coefficient (Wildman–Crippen LogP) is 3.14. The van der Waals surface area contributed by atoms with E-state index in [0.717, 1.165) is 40.3 Å². The first-order valence-corrected chi connectivity index (χ1v) is 7.61. The summed E-state index contributed by atoms with van der Waals surface area (Å²) in [5, 5.41) is 9.01. The third-order valence-corrected chi connectivity index (χ3v) is 3.92. The Labute approximate surface area is 135 Å². The summed E-state index contributed by atoms with van der Waals surface area (Å²) >= 11 is 0. The molecule has 0 unspecified atom stereocenters. The number of nitrogens with one attached hydrogen (secondary N) is 1. The Hall–Kier alpha value is -2.47. The van der Waals surface area contributed by atoms with Crippen LogP contribution in [0.5, 0.6) is 0 Å². The van der Waals surface area contributed by atoms with E-state index in [1.807, 2.05) is 24.6 Å². The second-order valence-electron chi connectivity index (χ2n) is 5.63. The van der Waals surface area contributed by atoms with Crippen molar-refractivity contribution in [3.8, 4) is 0 Å². The van der Waals surface area contributed by atoms with Crippen LogP contribution in [0.15, 0.2) is 24.5 Å². The van der Waals surface area contributed by atoms with Crippen LogP contribution in [0.2, 0.25) is 0 Å². The minimum absolute atomic E-state index is 0.636. The van der Waals surface area contributed by atoms with Gasteiger partial charge in [-0.25, -0.2) is 9.97 Å². The van der Waals surface area contributed by atoms with Gasteiger partial charge in [0.15, 0.2) is 0 Å². The lowest BCUT2D eigenvalue weighted by atomic mass is 10.1. The van der Waals surface area contributed by atoms with Gasteiger partial charge >= 0.3 is 0 Å². The van der Waals surface area contributed by atoms with E-state index in [1.165, 1.54) is 5.56 Å². The molecule has 0 radical (unpaired) electrons. The highest BCUT2D eigenvalue weighted by Crippen LogP contribution is 2.27. The average Bonchev–Trinajstić information content (AvgIpc) is 2.81. The van der Waals surface area contributed by atoms with Crippen LogP contribution in [0, 0.1) is 20.8 Å². The van der Waals surface area contributed by atoms with Crippen molar-refractivity contribution in [3.63, 3.8) is 0 Å². The Morgan fingerprint density at radius 3 is 2.78 bits per heavy atom. The van der Waals surface area contributed by atoms with E-state index < -0.39 is 0 Å². The molecule has 6 heteroatoms. The summed E-state index contributed by atoms with van der Waals surface area (Å²) in [6, 6.07) is 6.16. The molecule has 120 valence electrons. The molecule has 1 aromatic carbocycles. The molecule has 1 N–H and O–H groups in total. The zero-order chi connectivity index (χ0) is 16.4. The Bertz CT molecular complexity index is 840. The van der Waals surface area contributed by atoms with Crippen LogP contribution in [0.4, 0.5) is 11.5 Å². The first-order valence-electron chi connectivity index (χ1n) is 7.61. The molecule has 0 aliphatic carbocycles. The Morgan fingerprint density at radius 2 is 2.00 bits per heavy atom. The molecular formula is C17H21N5O. The summed E-state index contributed by atoms with van der Waals surface area (Å²) < 4.78 is 7.09. The molecule has 0 spiro atoms. The smallest absolute Gasteiger partial charge is 0.141 e. The van der Waals surface area contributed by atoms with E-state index >= 15 is 0 Å². The van der Waals surface area contributed by atoms with Gasteiger partial charge in [-0.15, -0.1) is 0 Å². The van der Waals surface area contributed by atoms with Gasteiger partial charge in [-0.2, -0.15) is 5.10 Å². The van der Waals surface area contributed by atoms with Gasteiger partial charge in [0.2, 0.25) is 0 Å². The molecule has 0 aliphatic heterocycles. The summed E-state index contributed by atoms with van der Waals surface area (Å²) in [5.41, 5.74) is 5.11. The van der Waals surface area contributed by atoms with Gasteiger partial charge in [0.25, 0.3) is 0 Å². The Morgan fingerprint density at radius 1 is 1.17 bits per heavy atom.